The zero-order valence-electron chi connectivity index (χ0n) is 9.08. The Morgan fingerprint density at radius 3 is 2.88 bits per heavy atom. The van der Waals surface area contributed by atoms with Crippen LogP contribution in [0.2, 0.25) is 0 Å². The van der Waals surface area contributed by atoms with Crippen molar-refractivity contribution >= 4 is 11.6 Å². The molecule has 0 spiro atoms. The van der Waals surface area contributed by atoms with E-state index in [0.29, 0.717) is 18.0 Å². The largest absolute Gasteiger partial charge is 0.477 e. The van der Waals surface area contributed by atoms with Gasteiger partial charge in [0.2, 0.25) is 0 Å². The molecule has 6 nitrogen and oxygen atoms in total. The van der Waals surface area contributed by atoms with Gasteiger partial charge in [0.1, 0.15) is 0 Å². The Labute approximate surface area is 92.1 Å². The molecular weight excluding hydrogens is 208 g/mol. The van der Waals surface area contributed by atoms with Crippen LogP contribution in [0.5, 0.6) is 0 Å². The summed E-state index contributed by atoms with van der Waals surface area (Å²) in [5.74, 6) is -0.398. The third-order valence-corrected chi connectivity index (χ3v) is 2.08. The van der Waals surface area contributed by atoms with Crippen molar-refractivity contribution in [3.63, 3.8) is 0 Å². The lowest BCUT2D eigenvalue weighted by Gasteiger charge is -2.03. The number of nitrogens with zero attached hydrogens (tertiary/aromatic N) is 4. The van der Waals surface area contributed by atoms with Crippen molar-refractivity contribution in [2.45, 2.75) is 6.54 Å². The zero-order valence-corrected chi connectivity index (χ0v) is 9.08. The number of hydrogen-bond donors (Lipinski definition) is 1. The number of carbonyl (C=O) groups is 1. The van der Waals surface area contributed by atoms with Crippen LogP contribution in [-0.2, 0) is 6.54 Å². The van der Waals surface area contributed by atoms with Gasteiger partial charge in [0.25, 0.3) is 0 Å². The summed E-state index contributed by atoms with van der Waals surface area (Å²) in [6.45, 7) is 0.584. The summed E-state index contributed by atoms with van der Waals surface area (Å²) in [6, 6.07) is 4.90. The average molecular weight is 220 g/mol. The molecule has 0 fully saturated rings. The Morgan fingerprint density at radius 1 is 1.50 bits per heavy atom. The maximum Gasteiger partial charge on any atom is 0.354 e. The Bertz CT molecular complexity index is 533. The predicted octanol–water partition coefficient (Wildman–Crippen LogP) is 0.489. The monoisotopic (exact) mass is 220 g/mol. The summed E-state index contributed by atoms with van der Waals surface area (Å²) in [7, 11) is 3.81. The minimum absolute atomic E-state index is 0.120. The van der Waals surface area contributed by atoms with Crippen molar-refractivity contribution in [3.05, 3.63) is 29.7 Å². The van der Waals surface area contributed by atoms with Gasteiger partial charge in [-0.25, -0.2) is 14.3 Å². The molecule has 16 heavy (non-hydrogen) atoms. The zero-order chi connectivity index (χ0) is 11.7. The average Bonchev–Trinajstić information content (AvgIpc) is 2.57. The first kappa shape index (κ1) is 10.6. The second kappa shape index (κ2) is 3.90. The topological polar surface area (TPSA) is 70.7 Å². The number of hydrogen-bond acceptors (Lipinski definition) is 4. The quantitative estimate of drug-likeness (QED) is 0.815. The number of aromatic carboxylic acids is 1. The van der Waals surface area contributed by atoms with Crippen LogP contribution in [0.15, 0.2) is 18.2 Å². The van der Waals surface area contributed by atoms with Crippen molar-refractivity contribution in [2.75, 3.05) is 14.1 Å². The lowest BCUT2D eigenvalue weighted by atomic mass is 10.3. The van der Waals surface area contributed by atoms with Crippen LogP contribution in [0.1, 0.15) is 16.3 Å². The van der Waals surface area contributed by atoms with Crippen LogP contribution in [0, 0.1) is 0 Å². The molecule has 0 aliphatic carbocycles. The van der Waals surface area contributed by atoms with E-state index in [-0.39, 0.29) is 5.69 Å². The summed E-state index contributed by atoms with van der Waals surface area (Å²) >= 11 is 0. The lowest BCUT2D eigenvalue weighted by Crippen LogP contribution is -2.12. The van der Waals surface area contributed by atoms with Crippen molar-refractivity contribution < 1.29 is 9.90 Å². The highest BCUT2D eigenvalue weighted by atomic mass is 16.4. The van der Waals surface area contributed by atoms with Gasteiger partial charge in [0.05, 0.1) is 6.54 Å². The molecule has 2 aromatic heterocycles. The number of rotatable bonds is 3. The second-order valence-corrected chi connectivity index (χ2v) is 3.75. The smallest absolute Gasteiger partial charge is 0.354 e. The van der Waals surface area contributed by atoms with E-state index < -0.39 is 5.97 Å². The molecular formula is C10H12N4O2. The highest BCUT2D eigenvalue weighted by Crippen LogP contribution is 2.06. The molecule has 0 aliphatic heterocycles. The number of pyridine rings is 1. The van der Waals surface area contributed by atoms with Crippen LogP contribution >= 0.6 is 0 Å². The van der Waals surface area contributed by atoms with Crippen LogP contribution in [0.25, 0.3) is 5.65 Å². The number of carboxylic acids is 1. The maximum absolute atomic E-state index is 10.9. The third-order valence-electron chi connectivity index (χ3n) is 2.08. The van der Waals surface area contributed by atoms with Crippen molar-refractivity contribution in [1.82, 2.24) is 19.5 Å². The molecule has 2 aromatic rings. The van der Waals surface area contributed by atoms with Gasteiger partial charge in [0.15, 0.2) is 17.2 Å². The van der Waals surface area contributed by atoms with Gasteiger partial charge in [-0.1, -0.05) is 6.07 Å². The summed E-state index contributed by atoms with van der Waals surface area (Å²) in [4.78, 5) is 17.1. The molecule has 2 heterocycles. The first-order valence-electron chi connectivity index (χ1n) is 4.80. The maximum atomic E-state index is 10.9. The molecule has 0 aliphatic rings. The first-order valence-corrected chi connectivity index (χ1v) is 4.80. The van der Waals surface area contributed by atoms with E-state index in [9.17, 15) is 4.79 Å². The van der Waals surface area contributed by atoms with E-state index in [4.69, 9.17) is 5.11 Å². The number of fused-ring (bicyclic) bond motifs is 1. The lowest BCUT2D eigenvalue weighted by molar-refractivity contribution is 0.0687. The second-order valence-electron chi connectivity index (χ2n) is 3.75. The fraction of sp³-hybridized carbons (Fsp3) is 0.300. The molecule has 6 heteroatoms. The van der Waals surface area contributed by atoms with E-state index in [0.717, 1.165) is 0 Å². The Hall–Kier alpha value is -1.95. The fourth-order valence-electron chi connectivity index (χ4n) is 1.46. The minimum atomic E-state index is -1.01. The van der Waals surface area contributed by atoms with Crippen molar-refractivity contribution in [3.8, 4) is 0 Å². The molecule has 0 amide bonds. The van der Waals surface area contributed by atoms with Gasteiger partial charge in [-0.15, -0.1) is 5.10 Å². The predicted molar refractivity (Wildman–Crippen MR) is 57.3 cm³/mol. The van der Waals surface area contributed by atoms with E-state index in [1.54, 1.807) is 12.1 Å². The summed E-state index contributed by atoms with van der Waals surface area (Å²) in [6.07, 6.45) is 0. The molecule has 0 bridgehead atoms. The molecule has 0 saturated carbocycles. The highest BCUT2D eigenvalue weighted by molar-refractivity contribution is 5.86. The molecule has 0 atom stereocenters. The Morgan fingerprint density at radius 2 is 2.25 bits per heavy atom. The molecule has 0 radical (unpaired) electrons. The Kier molecular flexibility index (Phi) is 2.57. The molecule has 0 unspecified atom stereocenters. The van der Waals surface area contributed by atoms with Gasteiger partial charge < -0.3 is 10.0 Å². The SMILES string of the molecule is CN(C)Cc1nc2cccc(C(=O)O)n2n1. The molecule has 2 rings (SSSR count). The van der Waals surface area contributed by atoms with Crippen LogP contribution in [0.4, 0.5) is 0 Å². The van der Waals surface area contributed by atoms with Gasteiger partial charge in [-0.3, -0.25) is 0 Å². The highest BCUT2D eigenvalue weighted by Gasteiger charge is 2.11. The first-order chi connectivity index (χ1) is 7.58. The summed E-state index contributed by atoms with van der Waals surface area (Å²) in [5.41, 5.74) is 0.673. The summed E-state index contributed by atoms with van der Waals surface area (Å²) in [5, 5.41) is 13.1. The van der Waals surface area contributed by atoms with Gasteiger partial charge in [0, 0.05) is 0 Å². The molecule has 1 N–H and O–H groups in total. The minimum Gasteiger partial charge on any atom is -0.477 e. The van der Waals surface area contributed by atoms with Gasteiger partial charge in [-0.2, -0.15) is 0 Å². The third kappa shape index (κ3) is 1.87. The molecule has 84 valence electrons. The van der Waals surface area contributed by atoms with Crippen LogP contribution < -0.4 is 0 Å². The van der Waals surface area contributed by atoms with Crippen LogP contribution in [0.3, 0.4) is 0 Å². The van der Waals surface area contributed by atoms with E-state index in [1.807, 2.05) is 19.0 Å². The van der Waals surface area contributed by atoms with Gasteiger partial charge >= 0.3 is 5.97 Å². The number of carboxylic acid groups (broad SMARTS) is 1. The van der Waals surface area contributed by atoms with Crippen molar-refractivity contribution in [1.29, 1.82) is 0 Å². The standard InChI is InChI=1S/C10H12N4O2/c1-13(2)6-8-11-9-5-3-4-7(10(15)16)14(9)12-8/h3-5H,6H2,1-2H3,(H,15,16). The molecule has 0 saturated heterocycles. The Balaban J connectivity index is 2.52. The number of aromatic nitrogens is 3. The van der Waals surface area contributed by atoms with E-state index in [2.05, 4.69) is 10.1 Å². The van der Waals surface area contributed by atoms with Crippen LogP contribution in [-0.4, -0.2) is 44.7 Å². The van der Waals surface area contributed by atoms with Gasteiger partial charge in [-0.05, 0) is 26.2 Å². The fourth-order valence-corrected chi connectivity index (χ4v) is 1.46. The van der Waals surface area contributed by atoms with Crippen molar-refractivity contribution in [2.24, 2.45) is 0 Å². The van der Waals surface area contributed by atoms with E-state index >= 15 is 0 Å². The summed E-state index contributed by atoms with van der Waals surface area (Å²) < 4.78 is 1.35. The molecule has 0 aromatic carbocycles. The van der Waals surface area contributed by atoms with E-state index in [1.165, 1.54) is 10.6 Å². The normalized spacial score (nSPS) is 11.2.